The van der Waals surface area contributed by atoms with E-state index >= 15 is 0 Å². The third-order valence-electron chi connectivity index (χ3n) is 3.06. The Morgan fingerprint density at radius 1 is 1.20 bits per heavy atom. The molecule has 2 heterocycles. The minimum absolute atomic E-state index is 0.522. The minimum Gasteiger partial charge on any atom is -0.339 e. The fourth-order valence-corrected chi connectivity index (χ4v) is 3.25. The maximum Gasteiger partial charge on any atom is 0.228 e. The summed E-state index contributed by atoms with van der Waals surface area (Å²) in [4.78, 5) is 13.1. The first-order valence-electron chi connectivity index (χ1n) is 6.32. The molecule has 0 saturated heterocycles. The molecule has 0 amide bonds. The number of hydrogen-bond acceptors (Lipinski definition) is 4. The summed E-state index contributed by atoms with van der Waals surface area (Å²) >= 11 is 7.89. The van der Waals surface area contributed by atoms with E-state index in [4.69, 9.17) is 11.6 Å². The molecule has 0 N–H and O–H groups in total. The molecule has 0 spiro atoms. The molecule has 102 valence electrons. The number of rotatable bonds is 3. The Hall–Kier alpha value is -1.65. The van der Waals surface area contributed by atoms with E-state index in [2.05, 4.69) is 29.0 Å². The first-order chi connectivity index (χ1) is 9.63. The molecule has 0 aliphatic rings. The zero-order valence-electron chi connectivity index (χ0n) is 11.3. The van der Waals surface area contributed by atoms with Crippen molar-refractivity contribution in [3.05, 3.63) is 52.0 Å². The largest absolute Gasteiger partial charge is 0.339 e. The quantitative estimate of drug-likeness (QED) is 0.676. The van der Waals surface area contributed by atoms with Crippen molar-refractivity contribution in [3.8, 4) is 0 Å². The van der Waals surface area contributed by atoms with Gasteiger partial charge in [0, 0.05) is 23.9 Å². The summed E-state index contributed by atoms with van der Waals surface area (Å²) in [5.74, 6) is 0.660. The summed E-state index contributed by atoms with van der Waals surface area (Å²) in [6.45, 7) is 2.81. The highest BCUT2D eigenvalue weighted by atomic mass is 35.5. The van der Waals surface area contributed by atoms with Crippen molar-refractivity contribution in [2.45, 2.75) is 13.5 Å². The fraction of sp³-hybridized carbons (Fsp3) is 0.200. The van der Waals surface area contributed by atoms with Gasteiger partial charge in [-0.3, -0.25) is 0 Å². The molecule has 5 heteroatoms. The highest BCUT2D eigenvalue weighted by Crippen LogP contribution is 2.30. The van der Waals surface area contributed by atoms with Crippen LogP contribution in [0.4, 0.5) is 5.95 Å². The summed E-state index contributed by atoms with van der Waals surface area (Å²) in [6.07, 6.45) is 0. The van der Waals surface area contributed by atoms with Crippen LogP contribution in [0.15, 0.2) is 36.4 Å². The Kier molecular flexibility index (Phi) is 3.59. The monoisotopic (exact) mass is 303 g/mol. The first kappa shape index (κ1) is 13.3. The summed E-state index contributed by atoms with van der Waals surface area (Å²) in [6, 6.07) is 12.3. The van der Waals surface area contributed by atoms with Crippen molar-refractivity contribution in [2.75, 3.05) is 11.9 Å². The predicted octanol–water partition coefficient (Wildman–Crippen LogP) is 4.29. The van der Waals surface area contributed by atoms with Crippen LogP contribution in [-0.4, -0.2) is 17.0 Å². The molecule has 3 nitrogen and oxygen atoms in total. The van der Waals surface area contributed by atoms with Crippen LogP contribution in [0, 0.1) is 6.92 Å². The van der Waals surface area contributed by atoms with Crippen LogP contribution in [0.1, 0.15) is 10.4 Å². The lowest BCUT2D eigenvalue weighted by molar-refractivity contribution is 0.874. The second-order valence-corrected chi connectivity index (χ2v) is 6.32. The smallest absolute Gasteiger partial charge is 0.228 e. The van der Waals surface area contributed by atoms with E-state index in [0.29, 0.717) is 11.1 Å². The Morgan fingerprint density at radius 2 is 1.95 bits per heavy atom. The van der Waals surface area contributed by atoms with Crippen LogP contribution in [0.3, 0.4) is 0 Å². The van der Waals surface area contributed by atoms with E-state index in [9.17, 15) is 0 Å². The number of benzene rings is 1. The zero-order chi connectivity index (χ0) is 14.1. The first-order valence-corrected chi connectivity index (χ1v) is 7.51. The maximum atomic E-state index is 6.25. The minimum atomic E-state index is 0.522. The number of hydrogen-bond donors (Lipinski definition) is 0. The highest BCUT2D eigenvalue weighted by molar-refractivity contribution is 7.18. The van der Waals surface area contributed by atoms with E-state index in [0.717, 1.165) is 16.8 Å². The SMILES string of the molecule is Cc1cc2c(Cl)nc(N(C)Cc3ccccc3)nc2s1. The lowest BCUT2D eigenvalue weighted by atomic mass is 10.2. The topological polar surface area (TPSA) is 29.0 Å². The number of nitrogens with zero attached hydrogens (tertiary/aromatic N) is 3. The van der Waals surface area contributed by atoms with Gasteiger partial charge in [0.1, 0.15) is 9.98 Å². The van der Waals surface area contributed by atoms with Gasteiger partial charge in [0.25, 0.3) is 0 Å². The summed E-state index contributed by atoms with van der Waals surface area (Å²) in [7, 11) is 1.98. The molecule has 2 aromatic heterocycles. The van der Waals surface area contributed by atoms with Crippen molar-refractivity contribution in [2.24, 2.45) is 0 Å². The van der Waals surface area contributed by atoms with E-state index < -0.39 is 0 Å². The van der Waals surface area contributed by atoms with Crippen molar-refractivity contribution in [1.82, 2.24) is 9.97 Å². The highest BCUT2D eigenvalue weighted by Gasteiger charge is 2.12. The summed E-state index contributed by atoms with van der Waals surface area (Å²) < 4.78 is 0. The predicted molar refractivity (Wildman–Crippen MR) is 85.7 cm³/mol. The number of anilines is 1. The molecule has 0 atom stereocenters. The van der Waals surface area contributed by atoms with Gasteiger partial charge in [-0.15, -0.1) is 11.3 Å². The van der Waals surface area contributed by atoms with Crippen LogP contribution >= 0.6 is 22.9 Å². The van der Waals surface area contributed by atoms with Gasteiger partial charge in [-0.05, 0) is 18.6 Å². The molecule has 0 unspecified atom stereocenters. The van der Waals surface area contributed by atoms with E-state index in [1.807, 2.05) is 36.2 Å². The lowest BCUT2D eigenvalue weighted by Gasteiger charge is -2.17. The van der Waals surface area contributed by atoms with Crippen LogP contribution in [0.25, 0.3) is 10.2 Å². The number of aromatic nitrogens is 2. The molecule has 0 radical (unpaired) electrons. The molecule has 0 aliphatic carbocycles. The average molecular weight is 304 g/mol. The lowest BCUT2D eigenvalue weighted by Crippen LogP contribution is -2.19. The van der Waals surface area contributed by atoms with E-state index in [1.165, 1.54) is 10.4 Å². The zero-order valence-corrected chi connectivity index (χ0v) is 12.9. The Bertz CT molecular complexity index is 739. The molecule has 3 rings (SSSR count). The van der Waals surface area contributed by atoms with Gasteiger partial charge in [0.2, 0.25) is 5.95 Å². The normalized spacial score (nSPS) is 10.9. The molecule has 1 aromatic carbocycles. The molecular weight excluding hydrogens is 290 g/mol. The number of aryl methyl sites for hydroxylation is 1. The van der Waals surface area contributed by atoms with E-state index in [-0.39, 0.29) is 0 Å². The fourth-order valence-electron chi connectivity index (χ4n) is 2.10. The second-order valence-electron chi connectivity index (χ2n) is 4.73. The maximum absolute atomic E-state index is 6.25. The van der Waals surface area contributed by atoms with Crippen LogP contribution in [0.5, 0.6) is 0 Å². The van der Waals surface area contributed by atoms with Crippen LogP contribution in [0.2, 0.25) is 5.15 Å². The number of fused-ring (bicyclic) bond motifs is 1. The molecule has 20 heavy (non-hydrogen) atoms. The van der Waals surface area contributed by atoms with Gasteiger partial charge in [-0.1, -0.05) is 41.9 Å². The molecule has 3 aromatic rings. The molecule has 0 bridgehead atoms. The number of thiophene rings is 1. The average Bonchev–Trinajstić information content (AvgIpc) is 2.81. The summed E-state index contributed by atoms with van der Waals surface area (Å²) in [5, 5.41) is 1.46. The number of halogens is 1. The van der Waals surface area contributed by atoms with Gasteiger partial charge in [-0.25, -0.2) is 9.97 Å². The Morgan fingerprint density at radius 3 is 2.70 bits per heavy atom. The Labute approximate surface area is 126 Å². The van der Waals surface area contributed by atoms with Crippen molar-refractivity contribution in [1.29, 1.82) is 0 Å². The standard InChI is InChI=1S/C15H14ClN3S/c1-10-8-12-13(16)17-15(18-14(12)20-10)19(2)9-11-6-4-3-5-7-11/h3-8H,9H2,1-2H3. The van der Waals surface area contributed by atoms with Gasteiger partial charge >= 0.3 is 0 Å². The van der Waals surface area contributed by atoms with Crippen molar-refractivity contribution >= 4 is 39.1 Å². The van der Waals surface area contributed by atoms with Gasteiger partial charge in [-0.2, -0.15) is 0 Å². The third kappa shape index (κ3) is 2.62. The molecule has 0 fully saturated rings. The van der Waals surface area contributed by atoms with E-state index in [1.54, 1.807) is 11.3 Å². The molecular formula is C15H14ClN3S. The van der Waals surface area contributed by atoms with Crippen molar-refractivity contribution < 1.29 is 0 Å². The molecule has 0 aliphatic heterocycles. The van der Waals surface area contributed by atoms with Gasteiger partial charge in [0.15, 0.2) is 0 Å². The Balaban J connectivity index is 1.93. The summed E-state index contributed by atoms with van der Waals surface area (Å²) in [5.41, 5.74) is 1.22. The van der Waals surface area contributed by atoms with Crippen LogP contribution < -0.4 is 4.90 Å². The molecule has 0 saturated carbocycles. The van der Waals surface area contributed by atoms with Crippen LogP contribution in [-0.2, 0) is 6.54 Å². The second kappa shape index (κ2) is 5.38. The van der Waals surface area contributed by atoms with Crippen molar-refractivity contribution in [3.63, 3.8) is 0 Å². The third-order valence-corrected chi connectivity index (χ3v) is 4.29. The van der Waals surface area contributed by atoms with Gasteiger partial charge in [0.05, 0.1) is 0 Å². The van der Waals surface area contributed by atoms with Gasteiger partial charge < -0.3 is 4.90 Å².